The number of anilines is 1. The van der Waals surface area contributed by atoms with Crippen molar-refractivity contribution < 1.29 is 29.0 Å². The predicted octanol–water partition coefficient (Wildman–Crippen LogP) is 0.104. The third kappa shape index (κ3) is 4.91. The SMILES string of the molecule is COC(=O)c1cc(NC(=O)N[C@@H]2CCNC[C@H]2O)cc(C(=O)OC)c1. The van der Waals surface area contributed by atoms with E-state index < -0.39 is 24.1 Å². The van der Waals surface area contributed by atoms with Crippen molar-refractivity contribution in [2.75, 3.05) is 32.6 Å². The third-order valence-electron chi connectivity index (χ3n) is 3.80. The number of piperidine rings is 1. The van der Waals surface area contributed by atoms with Crippen LogP contribution in [0.1, 0.15) is 27.1 Å². The Morgan fingerprint density at radius 3 is 2.24 bits per heavy atom. The van der Waals surface area contributed by atoms with Gasteiger partial charge in [0.05, 0.1) is 37.5 Å². The van der Waals surface area contributed by atoms with E-state index in [1.807, 2.05) is 0 Å². The average molecular weight is 351 g/mol. The Balaban J connectivity index is 2.15. The first-order chi connectivity index (χ1) is 11.9. The summed E-state index contributed by atoms with van der Waals surface area (Å²) in [5, 5.41) is 18.1. The molecule has 0 aliphatic carbocycles. The van der Waals surface area contributed by atoms with E-state index in [2.05, 4.69) is 25.4 Å². The lowest BCUT2D eigenvalue weighted by Gasteiger charge is -2.29. The molecule has 0 radical (unpaired) electrons. The molecule has 0 bridgehead atoms. The van der Waals surface area contributed by atoms with Gasteiger partial charge >= 0.3 is 18.0 Å². The number of methoxy groups -OCH3 is 2. The van der Waals surface area contributed by atoms with Crippen molar-refractivity contribution in [3.8, 4) is 0 Å². The van der Waals surface area contributed by atoms with Gasteiger partial charge in [-0.15, -0.1) is 0 Å². The van der Waals surface area contributed by atoms with Crippen molar-refractivity contribution in [3.05, 3.63) is 29.3 Å². The third-order valence-corrected chi connectivity index (χ3v) is 3.80. The first-order valence-corrected chi connectivity index (χ1v) is 7.72. The number of β-amino-alcohol motifs (C(OH)–C–C–N with tert-alkyl or cyclic N) is 1. The molecule has 0 spiro atoms. The Kier molecular flexibility index (Phi) is 6.31. The minimum atomic E-state index is -0.688. The minimum Gasteiger partial charge on any atom is -0.465 e. The zero-order chi connectivity index (χ0) is 18.4. The van der Waals surface area contributed by atoms with Crippen molar-refractivity contribution in [2.45, 2.75) is 18.6 Å². The summed E-state index contributed by atoms with van der Waals surface area (Å²) >= 11 is 0. The molecule has 1 aliphatic heterocycles. The van der Waals surface area contributed by atoms with Crippen molar-refractivity contribution in [3.63, 3.8) is 0 Å². The number of urea groups is 1. The number of hydrogen-bond acceptors (Lipinski definition) is 7. The predicted molar refractivity (Wildman–Crippen MR) is 88.6 cm³/mol. The number of carbonyl (C=O) groups is 3. The quantitative estimate of drug-likeness (QED) is 0.567. The maximum Gasteiger partial charge on any atom is 0.337 e. The Bertz CT molecular complexity index is 629. The molecular formula is C16H21N3O6. The fourth-order valence-electron chi connectivity index (χ4n) is 2.52. The van der Waals surface area contributed by atoms with E-state index in [0.717, 1.165) is 0 Å². The normalized spacial score (nSPS) is 19.6. The van der Waals surface area contributed by atoms with Gasteiger partial charge in [-0.2, -0.15) is 0 Å². The van der Waals surface area contributed by atoms with Crippen molar-refractivity contribution in [1.82, 2.24) is 10.6 Å². The Labute approximate surface area is 144 Å². The second-order valence-corrected chi connectivity index (χ2v) is 5.55. The van der Waals surface area contributed by atoms with E-state index in [0.29, 0.717) is 19.5 Å². The van der Waals surface area contributed by atoms with Gasteiger partial charge in [0, 0.05) is 12.2 Å². The maximum atomic E-state index is 12.1. The van der Waals surface area contributed by atoms with Crippen molar-refractivity contribution in [2.24, 2.45) is 0 Å². The van der Waals surface area contributed by atoms with Crippen LogP contribution in [0.5, 0.6) is 0 Å². The molecular weight excluding hydrogens is 330 g/mol. The number of amides is 2. The van der Waals surface area contributed by atoms with E-state index >= 15 is 0 Å². The van der Waals surface area contributed by atoms with E-state index in [1.54, 1.807) is 0 Å². The number of rotatable bonds is 4. The van der Waals surface area contributed by atoms with Crippen LogP contribution in [0.4, 0.5) is 10.5 Å². The standard InChI is InChI=1S/C16H21N3O6/c1-24-14(21)9-5-10(15(22)25-2)7-11(6-9)18-16(23)19-12-3-4-17-8-13(12)20/h5-7,12-13,17,20H,3-4,8H2,1-2H3,(H2,18,19,23)/t12-,13-/m1/s1. The van der Waals surface area contributed by atoms with Gasteiger partial charge in [-0.25, -0.2) is 14.4 Å². The van der Waals surface area contributed by atoms with E-state index in [-0.39, 0.29) is 22.9 Å². The summed E-state index contributed by atoms with van der Waals surface area (Å²) in [6, 6.07) is 3.15. The first-order valence-electron chi connectivity index (χ1n) is 7.72. The molecule has 1 heterocycles. The highest BCUT2D eigenvalue weighted by Gasteiger charge is 2.24. The molecule has 0 aromatic heterocycles. The number of esters is 2. The van der Waals surface area contributed by atoms with Gasteiger partial charge in [-0.3, -0.25) is 0 Å². The molecule has 2 rings (SSSR count). The molecule has 1 saturated heterocycles. The molecule has 2 atom stereocenters. The maximum absolute atomic E-state index is 12.1. The summed E-state index contributed by atoms with van der Waals surface area (Å²) < 4.78 is 9.28. The fraction of sp³-hybridized carbons (Fsp3) is 0.438. The van der Waals surface area contributed by atoms with E-state index in [1.165, 1.54) is 32.4 Å². The number of aliphatic hydroxyl groups excluding tert-OH is 1. The molecule has 1 fully saturated rings. The van der Waals surface area contributed by atoms with Crippen LogP contribution in [-0.4, -0.2) is 62.5 Å². The van der Waals surface area contributed by atoms with Crippen LogP contribution in [0.2, 0.25) is 0 Å². The minimum absolute atomic E-state index is 0.0996. The second-order valence-electron chi connectivity index (χ2n) is 5.55. The fourth-order valence-corrected chi connectivity index (χ4v) is 2.52. The van der Waals surface area contributed by atoms with Crippen molar-refractivity contribution in [1.29, 1.82) is 0 Å². The molecule has 0 saturated carbocycles. The zero-order valence-electron chi connectivity index (χ0n) is 14.0. The molecule has 9 heteroatoms. The Morgan fingerprint density at radius 1 is 1.12 bits per heavy atom. The lowest BCUT2D eigenvalue weighted by atomic mass is 10.0. The summed E-state index contributed by atoms with van der Waals surface area (Å²) in [5.74, 6) is -1.30. The topological polar surface area (TPSA) is 126 Å². The molecule has 25 heavy (non-hydrogen) atoms. The molecule has 0 unspecified atom stereocenters. The summed E-state index contributed by atoms with van der Waals surface area (Å²) in [7, 11) is 2.43. The molecule has 9 nitrogen and oxygen atoms in total. The van der Waals surface area contributed by atoms with Crippen LogP contribution >= 0.6 is 0 Å². The van der Waals surface area contributed by atoms with E-state index in [4.69, 9.17) is 0 Å². The average Bonchev–Trinajstić information content (AvgIpc) is 2.61. The van der Waals surface area contributed by atoms with Crippen LogP contribution in [0.25, 0.3) is 0 Å². The molecule has 136 valence electrons. The summed E-state index contributed by atoms with van der Waals surface area (Å²) in [5.41, 5.74) is 0.425. The van der Waals surface area contributed by atoms with Gasteiger partial charge in [0.2, 0.25) is 0 Å². The van der Waals surface area contributed by atoms with Crippen LogP contribution < -0.4 is 16.0 Å². The second kappa shape index (κ2) is 8.45. The van der Waals surface area contributed by atoms with Gasteiger partial charge in [-0.1, -0.05) is 0 Å². The lowest BCUT2D eigenvalue weighted by molar-refractivity contribution is 0.0599. The molecule has 2 amide bonds. The summed E-state index contributed by atoms with van der Waals surface area (Å²) in [6.07, 6.45) is -0.101. The number of nitrogens with one attached hydrogen (secondary N) is 3. The summed E-state index contributed by atoms with van der Waals surface area (Å²) in [4.78, 5) is 35.6. The van der Waals surface area contributed by atoms with Crippen molar-refractivity contribution >= 4 is 23.7 Å². The van der Waals surface area contributed by atoms with Crippen LogP contribution in [0, 0.1) is 0 Å². The van der Waals surface area contributed by atoms with E-state index in [9.17, 15) is 19.5 Å². The van der Waals surface area contributed by atoms with Gasteiger partial charge in [0.15, 0.2) is 0 Å². The van der Waals surface area contributed by atoms with Crippen LogP contribution in [0.3, 0.4) is 0 Å². The number of ether oxygens (including phenoxy) is 2. The number of benzene rings is 1. The smallest absolute Gasteiger partial charge is 0.337 e. The Hall–Kier alpha value is -2.65. The number of hydrogen-bond donors (Lipinski definition) is 4. The molecule has 1 aromatic carbocycles. The Morgan fingerprint density at radius 2 is 1.72 bits per heavy atom. The van der Waals surface area contributed by atoms with Gasteiger partial charge in [0.1, 0.15) is 0 Å². The first kappa shape index (κ1) is 18.7. The van der Waals surface area contributed by atoms with Crippen LogP contribution in [0.15, 0.2) is 18.2 Å². The highest BCUT2D eigenvalue weighted by atomic mass is 16.5. The highest BCUT2D eigenvalue weighted by Crippen LogP contribution is 2.17. The highest BCUT2D eigenvalue weighted by molar-refractivity contribution is 5.99. The van der Waals surface area contributed by atoms with Gasteiger partial charge < -0.3 is 30.5 Å². The lowest BCUT2D eigenvalue weighted by Crippen LogP contribution is -2.53. The number of carbonyl (C=O) groups excluding carboxylic acids is 3. The summed E-state index contributed by atoms with van der Waals surface area (Å²) in [6.45, 7) is 1.08. The van der Waals surface area contributed by atoms with Crippen LogP contribution in [-0.2, 0) is 9.47 Å². The molecule has 1 aromatic rings. The largest absolute Gasteiger partial charge is 0.465 e. The monoisotopic (exact) mass is 351 g/mol. The van der Waals surface area contributed by atoms with Gasteiger partial charge in [-0.05, 0) is 31.2 Å². The molecule has 1 aliphatic rings. The number of aliphatic hydroxyl groups is 1. The zero-order valence-corrected chi connectivity index (χ0v) is 14.0. The van der Waals surface area contributed by atoms with Gasteiger partial charge in [0.25, 0.3) is 0 Å². The molecule has 4 N–H and O–H groups in total.